The zero-order valence-electron chi connectivity index (χ0n) is 13.8. The average molecular weight is 425 g/mol. The maximum Gasteiger partial charge on any atom is 0.243 e. The van der Waals surface area contributed by atoms with E-state index in [0.717, 1.165) is 16.8 Å². The zero-order valence-corrected chi connectivity index (χ0v) is 16.2. The van der Waals surface area contributed by atoms with E-state index in [0.29, 0.717) is 37.7 Å². The molecule has 1 saturated heterocycles. The van der Waals surface area contributed by atoms with Gasteiger partial charge in [0.1, 0.15) is 12.4 Å². The summed E-state index contributed by atoms with van der Waals surface area (Å²) in [5, 5.41) is 0. The lowest BCUT2D eigenvalue weighted by Crippen LogP contribution is -2.49. The Morgan fingerprint density at radius 2 is 1.68 bits per heavy atom. The minimum Gasteiger partial charge on any atom is -0.492 e. The van der Waals surface area contributed by atoms with Crippen molar-refractivity contribution in [1.29, 1.82) is 0 Å². The van der Waals surface area contributed by atoms with Gasteiger partial charge in [0.05, 0.1) is 4.90 Å². The van der Waals surface area contributed by atoms with Crippen molar-refractivity contribution in [3.63, 3.8) is 0 Å². The van der Waals surface area contributed by atoms with Gasteiger partial charge in [0.25, 0.3) is 0 Å². The van der Waals surface area contributed by atoms with E-state index < -0.39 is 10.0 Å². The van der Waals surface area contributed by atoms with Crippen LogP contribution in [0, 0.1) is 0 Å². The average Bonchev–Trinajstić information content (AvgIpc) is 2.63. The van der Waals surface area contributed by atoms with Gasteiger partial charge in [-0.2, -0.15) is 4.31 Å². The Morgan fingerprint density at radius 3 is 2.36 bits per heavy atom. The van der Waals surface area contributed by atoms with E-state index in [9.17, 15) is 8.42 Å². The first-order chi connectivity index (χ1) is 12.1. The third kappa shape index (κ3) is 4.82. The molecule has 0 atom stereocenters. The van der Waals surface area contributed by atoms with Crippen LogP contribution in [-0.4, -0.2) is 57.0 Å². The topological polar surface area (TPSA) is 49.9 Å². The number of halogens is 1. The molecule has 0 N–H and O–H groups in total. The minimum atomic E-state index is -3.38. The number of rotatable bonds is 6. The second-order valence-corrected chi connectivity index (χ2v) is 8.72. The molecule has 0 saturated carbocycles. The molecule has 1 aliphatic heterocycles. The summed E-state index contributed by atoms with van der Waals surface area (Å²) < 4.78 is 33.5. The van der Waals surface area contributed by atoms with Crippen LogP contribution in [-0.2, 0) is 10.0 Å². The number of sulfonamides is 1. The zero-order chi connectivity index (χ0) is 17.7. The van der Waals surface area contributed by atoms with Gasteiger partial charge >= 0.3 is 0 Å². The molecule has 1 aliphatic rings. The molecule has 0 unspecified atom stereocenters. The van der Waals surface area contributed by atoms with Gasteiger partial charge in [-0.3, -0.25) is 4.90 Å². The monoisotopic (exact) mass is 424 g/mol. The number of nitrogens with zero attached hydrogens (tertiary/aromatic N) is 2. The lowest BCUT2D eigenvalue weighted by Gasteiger charge is -2.33. The predicted octanol–water partition coefficient (Wildman–Crippen LogP) is 2.83. The van der Waals surface area contributed by atoms with Crippen molar-refractivity contribution in [2.75, 3.05) is 39.3 Å². The maximum absolute atomic E-state index is 12.6. The third-order valence-corrected chi connectivity index (χ3v) is 6.59. The summed E-state index contributed by atoms with van der Waals surface area (Å²) in [6, 6.07) is 16.4. The van der Waals surface area contributed by atoms with Crippen molar-refractivity contribution >= 4 is 26.0 Å². The van der Waals surface area contributed by atoms with Crippen LogP contribution >= 0.6 is 15.9 Å². The highest BCUT2D eigenvalue weighted by molar-refractivity contribution is 9.10. The molecule has 0 amide bonds. The second kappa shape index (κ2) is 8.31. The van der Waals surface area contributed by atoms with Crippen molar-refractivity contribution < 1.29 is 13.2 Å². The van der Waals surface area contributed by atoms with Crippen molar-refractivity contribution in [3.05, 3.63) is 59.1 Å². The van der Waals surface area contributed by atoms with Crippen LogP contribution in [0.3, 0.4) is 0 Å². The summed E-state index contributed by atoms with van der Waals surface area (Å²) in [4.78, 5) is 2.59. The molecule has 0 spiro atoms. The molecule has 0 radical (unpaired) electrons. The SMILES string of the molecule is O=S(=O)(c1ccccc1)N1CCN(CCOc2cccc(Br)c2)CC1. The number of hydrogen-bond acceptors (Lipinski definition) is 4. The smallest absolute Gasteiger partial charge is 0.243 e. The first kappa shape index (κ1) is 18.4. The van der Waals surface area contributed by atoms with Crippen LogP contribution in [0.2, 0.25) is 0 Å². The van der Waals surface area contributed by atoms with Crippen LogP contribution in [0.4, 0.5) is 0 Å². The van der Waals surface area contributed by atoms with Gasteiger partial charge < -0.3 is 4.74 Å². The van der Waals surface area contributed by atoms with Gasteiger partial charge in [-0.25, -0.2) is 8.42 Å². The molecule has 0 bridgehead atoms. The van der Waals surface area contributed by atoms with Crippen molar-refractivity contribution in [3.8, 4) is 5.75 Å². The number of piperazine rings is 1. The fraction of sp³-hybridized carbons (Fsp3) is 0.333. The molecular weight excluding hydrogens is 404 g/mol. The minimum absolute atomic E-state index is 0.362. The highest BCUT2D eigenvalue weighted by atomic mass is 79.9. The van der Waals surface area contributed by atoms with Crippen LogP contribution in [0.25, 0.3) is 0 Å². The van der Waals surface area contributed by atoms with E-state index in [1.165, 1.54) is 0 Å². The van der Waals surface area contributed by atoms with Crippen LogP contribution < -0.4 is 4.74 Å². The molecular formula is C18H21BrN2O3S. The van der Waals surface area contributed by atoms with E-state index in [1.54, 1.807) is 28.6 Å². The quantitative estimate of drug-likeness (QED) is 0.715. The molecule has 0 aliphatic carbocycles. The molecule has 25 heavy (non-hydrogen) atoms. The first-order valence-electron chi connectivity index (χ1n) is 8.22. The molecule has 2 aromatic carbocycles. The summed E-state index contributed by atoms with van der Waals surface area (Å²) in [6.07, 6.45) is 0. The first-order valence-corrected chi connectivity index (χ1v) is 10.4. The number of hydrogen-bond donors (Lipinski definition) is 0. The summed E-state index contributed by atoms with van der Waals surface area (Å²) in [5.41, 5.74) is 0. The standard InChI is InChI=1S/C18H21BrN2O3S/c19-16-5-4-6-17(15-16)24-14-13-20-9-11-21(12-10-20)25(22,23)18-7-2-1-3-8-18/h1-8,15H,9-14H2. The number of ether oxygens (including phenoxy) is 1. The van der Waals surface area contributed by atoms with Gasteiger partial charge in [-0.15, -0.1) is 0 Å². The van der Waals surface area contributed by atoms with Gasteiger partial charge in [0.2, 0.25) is 10.0 Å². The molecule has 2 aromatic rings. The summed E-state index contributed by atoms with van der Waals surface area (Å²) >= 11 is 3.42. The molecule has 1 fully saturated rings. The van der Waals surface area contributed by atoms with Crippen molar-refractivity contribution in [1.82, 2.24) is 9.21 Å². The van der Waals surface area contributed by atoms with Crippen LogP contribution in [0.5, 0.6) is 5.75 Å². The summed E-state index contributed by atoms with van der Waals surface area (Å²) in [7, 11) is -3.38. The fourth-order valence-electron chi connectivity index (χ4n) is 2.78. The lowest BCUT2D eigenvalue weighted by atomic mass is 10.3. The summed E-state index contributed by atoms with van der Waals surface area (Å²) in [5.74, 6) is 0.833. The predicted molar refractivity (Wildman–Crippen MR) is 101 cm³/mol. The van der Waals surface area contributed by atoms with E-state index in [1.807, 2.05) is 30.3 Å². The van der Waals surface area contributed by atoms with E-state index in [4.69, 9.17) is 4.74 Å². The van der Waals surface area contributed by atoms with Gasteiger partial charge in [0.15, 0.2) is 0 Å². The normalized spacial score (nSPS) is 16.7. The fourth-order valence-corrected chi connectivity index (χ4v) is 4.61. The Kier molecular flexibility index (Phi) is 6.11. The van der Waals surface area contributed by atoms with Gasteiger partial charge in [0, 0.05) is 37.2 Å². The highest BCUT2D eigenvalue weighted by Crippen LogP contribution is 2.19. The Hall–Kier alpha value is -1.41. The Bertz CT molecular complexity index is 791. The van der Waals surface area contributed by atoms with Crippen molar-refractivity contribution in [2.45, 2.75) is 4.90 Å². The largest absolute Gasteiger partial charge is 0.492 e. The van der Waals surface area contributed by atoms with Crippen LogP contribution in [0.15, 0.2) is 64.0 Å². The Morgan fingerprint density at radius 1 is 0.960 bits per heavy atom. The lowest BCUT2D eigenvalue weighted by molar-refractivity contribution is 0.159. The van der Waals surface area contributed by atoms with Gasteiger partial charge in [-0.1, -0.05) is 40.2 Å². The van der Waals surface area contributed by atoms with E-state index in [2.05, 4.69) is 20.8 Å². The van der Waals surface area contributed by atoms with E-state index in [-0.39, 0.29) is 0 Å². The second-order valence-electron chi connectivity index (χ2n) is 5.86. The Labute approximate surface area is 157 Å². The van der Waals surface area contributed by atoms with Crippen LogP contribution in [0.1, 0.15) is 0 Å². The van der Waals surface area contributed by atoms with Gasteiger partial charge in [-0.05, 0) is 30.3 Å². The molecule has 5 nitrogen and oxygen atoms in total. The molecule has 134 valence electrons. The van der Waals surface area contributed by atoms with E-state index >= 15 is 0 Å². The third-order valence-electron chi connectivity index (χ3n) is 4.18. The molecule has 1 heterocycles. The van der Waals surface area contributed by atoms with Crippen molar-refractivity contribution in [2.24, 2.45) is 0 Å². The maximum atomic E-state index is 12.6. The Balaban J connectivity index is 1.47. The number of benzene rings is 2. The summed E-state index contributed by atoms with van der Waals surface area (Å²) in [6.45, 7) is 3.82. The molecule has 7 heteroatoms. The highest BCUT2D eigenvalue weighted by Gasteiger charge is 2.28. The molecule has 0 aromatic heterocycles. The molecule has 3 rings (SSSR count).